The Kier molecular flexibility index (Phi) is 5.36. The number of hydrogen-bond donors (Lipinski definition) is 2. The summed E-state index contributed by atoms with van der Waals surface area (Å²) in [6.45, 7) is 0.117. The SMILES string of the molecule is O=C(Nc1ccc([C@H]2OCC(=O)N(Cc3cccnc3)[C@@H]2CO)cc1)C1CC1. The highest BCUT2D eigenvalue weighted by molar-refractivity contribution is 5.94. The third kappa shape index (κ3) is 4.05. The number of aliphatic hydroxyl groups excluding tert-OH is 1. The van der Waals surface area contributed by atoms with Gasteiger partial charge in [-0.15, -0.1) is 0 Å². The Morgan fingerprint density at radius 2 is 2.04 bits per heavy atom. The molecule has 7 heteroatoms. The van der Waals surface area contributed by atoms with Crippen LogP contribution in [0.5, 0.6) is 0 Å². The van der Waals surface area contributed by atoms with Gasteiger partial charge in [0.05, 0.1) is 12.6 Å². The van der Waals surface area contributed by atoms with Crippen molar-refractivity contribution in [3.63, 3.8) is 0 Å². The molecule has 2 heterocycles. The van der Waals surface area contributed by atoms with Gasteiger partial charge in [0.1, 0.15) is 12.7 Å². The van der Waals surface area contributed by atoms with Crippen LogP contribution >= 0.6 is 0 Å². The molecule has 0 spiro atoms. The molecule has 1 aromatic heterocycles. The van der Waals surface area contributed by atoms with E-state index in [0.717, 1.165) is 29.7 Å². The van der Waals surface area contributed by atoms with Gasteiger partial charge in [-0.2, -0.15) is 0 Å². The van der Waals surface area contributed by atoms with Crippen LogP contribution in [0, 0.1) is 5.92 Å². The number of morpholine rings is 1. The maximum Gasteiger partial charge on any atom is 0.249 e. The molecule has 0 unspecified atom stereocenters. The number of rotatable bonds is 6. The first-order valence-corrected chi connectivity index (χ1v) is 9.47. The Labute approximate surface area is 163 Å². The lowest BCUT2D eigenvalue weighted by Gasteiger charge is -2.40. The summed E-state index contributed by atoms with van der Waals surface area (Å²) in [6, 6.07) is 10.6. The predicted octanol–water partition coefficient (Wildman–Crippen LogP) is 1.89. The maximum absolute atomic E-state index is 12.4. The number of anilines is 1. The van der Waals surface area contributed by atoms with E-state index in [1.165, 1.54) is 0 Å². The minimum Gasteiger partial charge on any atom is -0.394 e. The average Bonchev–Trinajstić information content (AvgIpc) is 3.56. The zero-order valence-corrected chi connectivity index (χ0v) is 15.5. The first-order valence-electron chi connectivity index (χ1n) is 9.47. The van der Waals surface area contributed by atoms with Crippen molar-refractivity contribution in [1.82, 2.24) is 9.88 Å². The van der Waals surface area contributed by atoms with Gasteiger partial charge in [0.15, 0.2) is 0 Å². The van der Waals surface area contributed by atoms with Gasteiger partial charge in [-0.3, -0.25) is 14.6 Å². The van der Waals surface area contributed by atoms with E-state index < -0.39 is 12.1 Å². The minimum atomic E-state index is -0.492. The van der Waals surface area contributed by atoms with Crippen LogP contribution in [0.1, 0.15) is 30.1 Å². The number of aromatic nitrogens is 1. The number of nitrogens with one attached hydrogen (secondary N) is 1. The summed E-state index contributed by atoms with van der Waals surface area (Å²) in [4.78, 5) is 30.0. The van der Waals surface area contributed by atoms with E-state index in [-0.39, 0.29) is 30.9 Å². The largest absolute Gasteiger partial charge is 0.394 e. The lowest BCUT2D eigenvalue weighted by atomic mass is 9.98. The molecule has 2 aromatic rings. The van der Waals surface area contributed by atoms with Gasteiger partial charge in [-0.1, -0.05) is 18.2 Å². The molecule has 2 amide bonds. The summed E-state index contributed by atoms with van der Waals surface area (Å²) in [5, 5.41) is 12.9. The van der Waals surface area contributed by atoms with E-state index in [2.05, 4.69) is 10.3 Å². The van der Waals surface area contributed by atoms with Crippen molar-refractivity contribution < 1.29 is 19.4 Å². The molecule has 4 rings (SSSR count). The quantitative estimate of drug-likeness (QED) is 0.797. The molecule has 1 aliphatic carbocycles. The standard InChI is InChI=1S/C21H23N3O4/c25-12-18-20(15-5-7-17(8-6-15)23-21(27)16-3-4-16)28-13-19(26)24(18)11-14-2-1-9-22-10-14/h1-2,5-10,16,18,20,25H,3-4,11-13H2,(H,23,27)/t18-,20-/m1/s1. The first-order chi connectivity index (χ1) is 13.7. The van der Waals surface area contributed by atoms with Crippen molar-refractivity contribution in [2.75, 3.05) is 18.5 Å². The van der Waals surface area contributed by atoms with Crippen molar-refractivity contribution in [3.8, 4) is 0 Å². The molecular weight excluding hydrogens is 358 g/mol. The normalized spacial score (nSPS) is 22.2. The number of nitrogens with zero attached hydrogens (tertiary/aromatic N) is 2. The topological polar surface area (TPSA) is 91.8 Å². The molecule has 0 bridgehead atoms. The minimum absolute atomic E-state index is 0.0401. The summed E-state index contributed by atoms with van der Waals surface area (Å²) < 4.78 is 5.76. The summed E-state index contributed by atoms with van der Waals surface area (Å²) in [5.74, 6) is 0.0442. The molecule has 146 valence electrons. The molecule has 0 radical (unpaired) electrons. The van der Waals surface area contributed by atoms with Crippen molar-refractivity contribution in [2.24, 2.45) is 5.92 Å². The zero-order chi connectivity index (χ0) is 19.5. The number of ether oxygens (including phenoxy) is 1. The fourth-order valence-corrected chi connectivity index (χ4v) is 3.46. The highest BCUT2D eigenvalue weighted by Gasteiger charge is 2.37. The van der Waals surface area contributed by atoms with E-state index in [0.29, 0.717) is 6.54 Å². The molecule has 2 aliphatic rings. The Morgan fingerprint density at radius 1 is 1.25 bits per heavy atom. The third-order valence-electron chi connectivity index (χ3n) is 5.17. The number of pyridine rings is 1. The Hall–Kier alpha value is -2.77. The lowest BCUT2D eigenvalue weighted by molar-refractivity contribution is -0.162. The molecule has 28 heavy (non-hydrogen) atoms. The van der Waals surface area contributed by atoms with Crippen LogP contribution in [0.2, 0.25) is 0 Å². The molecule has 1 aromatic carbocycles. The summed E-state index contributed by atoms with van der Waals surface area (Å²) in [5.41, 5.74) is 2.49. The van der Waals surface area contributed by atoms with Gasteiger partial charge in [0, 0.05) is 30.5 Å². The summed E-state index contributed by atoms with van der Waals surface area (Å²) in [6.07, 6.45) is 4.87. The fraction of sp³-hybridized carbons (Fsp3) is 0.381. The molecule has 7 nitrogen and oxygen atoms in total. The second-order valence-corrected chi connectivity index (χ2v) is 7.25. The Bertz CT molecular complexity index is 836. The van der Waals surface area contributed by atoms with E-state index in [9.17, 15) is 14.7 Å². The number of hydrogen-bond acceptors (Lipinski definition) is 5. The van der Waals surface area contributed by atoms with Gasteiger partial charge in [-0.05, 0) is 42.2 Å². The second-order valence-electron chi connectivity index (χ2n) is 7.25. The van der Waals surface area contributed by atoms with E-state index in [4.69, 9.17) is 4.74 Å². The molecular formula is C21H23N3O4. The van der Waals surface area contributed by atoms with Crippen molar-refractivity contribution >= 4 is 17.5 Å². The smallest absolute Gasteiger partial charge is 0.249 e. The number of amides is 2. The Balaban J connectivity index is 1.49. The molecule has 2 fully saturated rings. The number of carbonyl (C=O) groups is 2. The monoisotopic (exact) mass is 381 g/mol. The average molecular weight is 381 g/mol. The molecule has 1 saturated heterocycles. The van der Waals surface area contributed by atoms with Crippen LogP contribution < -0.4 is 5.32 Å². The lowest BCUT2D eigenvalue weighted by Crippen LogP contribution is -2.52. The van der Waals surface area contributed by atoms with E-state index in [1.807, 2.05) is 36.4 Å². The van der Waals surface area contributed by atoms with Gasteiger partial charge in [-0.25, -0.2) is 0 Å². The third-order valence-corrected chi connectivity index (χ3v) is 5.17. The fourth-order valence-electron chi connectivity index (χ4n) is 3.46. The van der Waals surface area contributed by atoms with Crippen molar-refractivity contribution in [3.05, 3.63) is 59.9 Å². The maximum atomic E-state index is 12.4. The predicted molar refractivity (Wildman–Crippen MR) is 102 cm³/mol. The molecule has 2 atom stereocenters. The summed E-state index contributed by atoms with van der Waals surface area (Å²) >= 11 is 0. The van der Waals surface area contributed by atoms with Gasteiger partial charge >= 0.3 is 0 Å². The van der Waals surface area contributed by atoms with Crippen molar-refractivity contribution in [2.45, 2.75) is 31.5 Å². The highest BCUT2D eigenvalue weighted by Crippen LogP contribution is 2.32. The number of aliphatic hydroxyl groups is 1. The second kappa shape index (κ2) is 8.08. The van der Waals surface area contributed by atoms with Crippen LogP contribution in [0.15, 0.2) is 48.8 Å². The highest BCUT2D eigenvalue weighted by atomic mass is 16.5. The van der Waals surface area contributed by atoms with Crippen LogP contribution in [0.25, 0.3) is 0 Å². The first kappa shape index (κ1) is 18.6. The summed E-state index contributed by atoms with van der Waals surface area (Å²) in [7, 11) is 0. The number of carbonyl (C=O) groups excluding carboxylic acids is 2. The molecule has 1 saturated carbocycles. The molecule has 1 aliphatic heterocycles. The van der Waals surface area contributed by atoms with Crippen LogP contribution in [-0.2, 0) is 20.9 Å². The Morgan fingerprint density at radius 3 is 2.68 bits per heavy atom. The van der Waals surface area contributed by atoms with Gasteiger partial charge in [0.2, 0.25) is 11.8 Å². The van der Waals surface area contributed by atoms with Crippen LogP contribution in [-0.4, -0.2) is 46.1 Å². The molecule has 2 N–H and O–H groups in total. The van der Waals surface area contributed by atoms with Crippen LogP contribution in [0.3, 0.4) is 0 Å². The van der Waals surface area contributed by atoms with E-state index in [1.54, 1.807) is 17.3 Å². The van der Waals surface area contributed by atoms with E-state index >= 15 is 0 Å². The van der Waals surface area contributed by atoms with Crippen LogP contribution in [0.4, 0.5) is 5.69 Å². The number of benzene rings is 1. The van der Waals surface area contributed by atoms with Crippen molar-refractivity contribution in [1.29, 1.82) is 0 Å². The van der Waals surface area contributed by atoms with Gasteiger partial charge in [0.25, 0.3) is 0 Å². The zero-order valence-electron chi connectivity index (χ0n) is 15.5. The van der Waals surface area contributed by atoms with Gasteiger partial charge < -0.3 is 20.1 Å².